The lowest BCUT2D eigenvalue weighted by atomic mass is 10.1. The molecule has 0 aliphatic carbocycles. The number of anilines is 1. The van der Waals surface area contributed by atoms with Gasteiger partial charge in [0.05, 0.1) is 23.6 Å². The molecule has 0 saturated heterocycles. The molecule has 88 valence electrons. The number of pyridine rings is 1. The van der Waals surface area contributed by atoms with Crippen LogP contribution < -0.4 is 5.32 Å². The molecule has 1 N–H and O–H groups in total. The minimum absolute atomic E-state index is 0.761. The first-order chi connectivity index (χ1) is 8.88. The number of benzene rings is 1. The van der Waals surface area contributed by atoms with Crippen LogP contribution in [0, 0.1) is 0 Å². The highest BCUT2D eigenvalue weighted by atomic mass is 15.0. The van der Waals surface area contributed by atoms with Crippen molar-refractivity contribution in [1.82, 2.24) is 15.0 Å². The number of rotatable bonds is 2. The lowest BCUT2D eigenvalue weighted by Gasteiger charge is -2.05. The third-order valence-corrected chi connectivity index (χ3v) is 2.83. The van der Waals surface area contributed by atoms with Crippen LogP contribution in [0.1, 0.15) is 0 Å². The Hall–Kier alpha value is -2.49. The molecule has 0 bridgehead atoms. The molecular weight excluding hydrogens is 224 g/mol. The predicted molar refractivity (Wildman–Crippen MR) is 72.3 cm³/mol. The molecule has 4 heteroatoms. The number of hydrogen-bond acceptors (Lipinski definition) is 4. The maximum absolute atomic E-state index is 4.42. The van der Waals surface area contributed by atoms with Crippen LogP contribution in [0.4, 0.5) is 5.82 Å². The summed E-state index contributed by atoms with van der Waals surface area (Å²) in [6.45, 7) is 0. The van der Waals surface area contributed by atoms with Crippen LogP contribution in [0.2, 0.25) is 0 Å². The monoisotopic (exact) mass is 236 g/mol. The second-order valence-corrected chi connectivity index (χ2v) is 3.91. The molecule has 0 saturated carbocycles. The number of nitrogens with zero attached hydrogens (tertiary/aromatic N) is 3. The fraction of sp³-hybridized carbons (Fsp3) is 0.0714. The summed E-state index contributed by atoms with van der Waals surface area (Å²) in [5, 5.41) is 4.05. The van der Waals surface area contributed by atoms with Gasteiger partial charge in [-0.3, -0.25) is 9.97 Å². The Labute approximate surface area is 105 Å². The first kappa shape index (κ1) is 10.7. The average molecular weight is 236 g/mol. The first-order valence-corrected chi connectivity index (χ1v) is 5.72. The highest BCUT2D eigenvalue weighted by Gasteiger charge is 2.05. The van der Waals surface area contributed by atoms with E-state index in [2.05, 4.69) is 20.3 Å². The zero-order valence-electron chi connectivity index (χ0n) is 9.96. The lowest BCUT2D eigenvalue weighted by Crippen LogP contribution is -1.94. The van der Waals surface area contributed by atoms with Gasteiger partial charge in [0, 0.05) is 24.2 Å². The highest BCUT2D eigenvalue weighted by molar-refractivity contribution is 5.93. The predicted octanol–water partition coefficient (Wildman–Crippen LogP) is 2.73. The molecule has 0 spiro atoms. The van der Waals surface area contributed by atoms with E-state index >= 15 is 0 Å². The zero-order valence-corrected chi connectivity index (χ0v) is 9.96. The summed E-state index contributed by atoms with van der Waals surface area (Å²) in [5.41, 5.74) is 2.87. The molecule has 0 aliphatic heterocycles. The standard InChI is InChI=1S/C14H12N4/c1-15-14-9-17-13(8-18-14)11-4-2-6-12-10(11)5-3-7-16-12/h2-9H,1H3,(H,15,18). The SMILES string of the molecule is CNc1cnc(-c2cccc3ncccc23)cn1. The van der Waals surface area contributed by atoms with Gasteiger partial charge in [0.1, 0.15) is 5.82 Å². The summed E-state index contributed by atoms with van der Waals surface area (Å²) in [6.07, 6.45) is 5.29. The van der Waals surface area contributed by atoms with Gasteiger partial charge in [-0.15, -0.1) is 0 Å². The Morgan fingerprint density at radius 1 is 0.944 bits per heavy atom. The summed E-state index contributed by atoms with van der Waals surface area (Å²) >= 11 is 0. The van der Waals surface area contributed by atoms with E-state index in [0.717, 1.165) is 28.0 Å². The Balaban J connectivity index is 2.18. The lowest BCUT2D eigenvalue weighted by molar-refractivity contribution is 1.19. The number of aromatic nitrogens is 3. The van der Waals surface area contributed by atoms with Gasteiger partial charge in [-0.1, -0.05) is 18.2 Å². The molecule has 0 unspecified atom stereocenters. The average Bonchev–Trinajstić information content (AvgIpc) is 2.47. The van der Waals surface area contributed by atoms with E-state index in [0.29, 0.717) is 0 Å². The van der Waals surface area contributed by atoms with Gasteiger partial charge < -0.3 is 5.32 Å². The number of fused-ring (bicyclic) bond motifs is 1. The quantitative estimate of drug-likeness (QED) is 0.743. The van der Waals surface area contributed by atoms with Crippen LogP contribution >= 0.6 is 0 Å². The molecule has 2 aromatic heterocycles. The minimum Gasteiger partial charge on any atom is -0.372 e. The zero-order chi connectivity index (χ0) is 12.4. The van der Waals surface area contributed by atoms with Crippen LogP contribution in [-0.4, -0.2) is 22.0 Å². The minimum atomic E-state index is 0.761. The highest BCUT2D eigenvalue weighted by Crippen LogP contribution is 2.25. The summed E-state index contributed by atoms with van der Waals surface area (Å²) in [7, 11) is 1.82. The Kier molecular flexibility index (Phi) is 2.61. The van der Waals surface area contributed by atoms with E-state index in [-0.39, 0.29) is 0 Å². The molecule has 0 fully saturated rings. The van der Waals surface area contributed by atoms with Crippen molar-refractivity contribution < 1.29 is 0 Å². The molecule has 0 aliphatic rings. The van der Waals surface area contributed by atoms with E-state index in [9.17, 15) is 0 Å². The molecule has 2 heterocycles. The third-order valence-electron chi connectivity index (χ3n) is 2.83. The van der Waals surface area contributed by atoms with Gasteiger partial charge in [-0.25, -0.2) is 4.98 Å². The van der Waals surface area contributed by atoms with Crippen molar-refractivity contribution in [3.8, 4) is 11.3 Å². The topological polar surface area (TPSA) is 50.7 Å². The first-order valence-electron chi connectivity index (χ1n) is 5.72. The normalized spacial score (nSPS) is 10.5. The summed E-state index contributed by atoms with van der Waals surface area (Å²) in [6, 6.07) is 9.99. The number of hydrogen-bond donors (Lipinski definition) is 1. The third kappa shape index (κ3) is 1.78. The largest absolute Gasteiger partial charge is 0.372 e. The van der Waals surface area contributed by atoms with E-state index in [4.69, 9.17) is 0 Å². The van der Waals surface area contributed by atoms with Crippen LogP contribution in [-0.2, 0) is 0 Å². The summed E-state index contributed by atoms with van der Waals surface area (Å²) in [5.74, 6) is 0.761. The molecule has 0 atom stereocenters. The second-order valence-electron chi connectivity index (χ2n) is 3.91. The van der Waals surface area contributed by atoms with Gasteiger partial charge in [0.25, 0.3) is 0 Å². The van der Waals surface area contributed by atoms with Gasteiger partial charge >= 0.3 is 0 Å². The molecule has 3 aromatic rings. The van der Waals surface area contributed by atoms with E-state index in [1.54, 1.807) is 18.6 Å². The van der Waals surface area contributed by atoms with Crippen molar-refractivity contribution in [2.75, 3.05) is 12.4 Å². The molecular formula is C14H12N4. The van der Waals surface area contributed by atoms with Crippen molar-refractivity contribution in [3.63, 3.8) is 0 Å². The molecule has 0 radical (unpaired) electrons. The Morgan fingerprint density at radius 2 is 1.89 bits per heavy atom. The molecule has 18 heavy (non-hydrogen) atoms. The van der Waals surface area contributed by atoms with Crippen LogP contribution in [0.3, 0.4) is 0 Å². The summed E-state index contributed by atoms with van der Waals surface area (Å²) in [4.78, 5) is 13.0. The molecule has 1 aromatic carbocycles. The molecule has 4 nitrogen and oxygen atoms in total. The smallest absolute Gasteiger partial charge is 0.144 e. The molecule has 3 rings (SSSR count). The van der Waals surface area contributed by atoms with Gasteiger partial charge in [-0.2, -0.15) is 0 Å². The maximum atomic E-state index is 4.42. The van der Waals surface area contributed by atoms with Crippen LogP contribution in [0.5, 0.6) is 0 Å². The van der Waals surface area contributed by atoms with Crippen molar-refractivity contribution in [2.45, 2.75) is 0 Å². The van der Waals surface area contributed by atoms with Crippen LogP contribution in [0.25, 0.3) is 22.2 Å². The van der Waals surface area contributed by atoms with Crippen LogP contribution in [0.15, 0.2) is 48.9 Å². The van der Waals surface area contributed by atoms with Crippen molar-refractivity contribution in [2.24, 2.45) is 0 Å². The van der Waals surface area contributed by atoms with E-state index in [1.807, 2.05) is 37.4 Å². The van der Waals surface area contributed by atoms with Gasteiger partial charge in [0.2, 0.25) is 0 Å². The van der Waals surface area contributed by atoms with Crippen molar-refractivity contribution >= 4 is 16.7 Å². The van der Waals surface area contributed by atoms with Gasteiger partial charge in [-0.05, 0) is 12.1 Å². The van der Waals surface area contributed by atoms with Gasteiger partial charge in [0.15, 0.2) is 0 Å². The fourth-order valence-corrected chi connectivity index (χ4v) is 1.92. The molecule has 0 amide bonds. The van der Waals surface area contributed by atoms with E-state index in [1.165, 1.54) is 0 Å². The second kappa shape index (κ2) is 4.41. The van der Waals surface area contributed by atoms with Crippen molar-refractivity contribution in [3.05, 3.63) is 48.9 Å². The Morgan fingerprint density at radius 3 is 2.67 bits per heavy atom. The van der Waals surface area contributed by atoms with E-state index < -0.39 is 0 Å². The Bertz CT molecular complexity index is 671. The number of nitrogens with one attached hydrogen (secondary N) is 1. The maximum Gasteiger partial charge on any atom is 0.144 e. The summed E-state index contributed by atoms with van der Waals surface area (Å²) < 4.78 is 0. The fourth-order valence-electron chi connectivity index (χ4n) is 1.92. The van der Waals surface area contributed by atoms with Crippen molar-refractivity contribution in [1.29, 1.82) is 0 Å².